The zero-order valence-electron chi connectivity index (χ0n) is 11.3. The van der Waals surface area contributed by atoms with Crippen LogP contribution in [-0.2, 0) is 0 Å². The van der Waals surface area contributed by atoms with E-state index in [4.69, 9.17) is 0 Å². The second kappa shape index (κ2) is 5.60. The summed E-state index contributed by atoms with van der Waals surface area (Å²) >= 11 is 0. The fourth-order valence-electron chi connectivity index (χ4n) is 2.04. The van der Waals surface area contributed by atoms with Crippen LogP contribution >= 0.6 is 0 Å². The molecule has 0 atom stereocenters. The van der Waals surface area contributed by atoms with Gasteiger partial charge in [0, 0.05) is 12.1 Å². The monoisotopic (exact) mass is 302 g/mol. The van der Waals surface area contributed by atoms with Gasteiger partial charge in [0.25, 0.3) is 5.69 Å². The van der Waals surface area contributed by atoms with E-state index in [9.17, 15) is 30.1 Å². The smallest absolute Gasteiger partial charge is 0.311 e. The quantitative estimate of drug-likeness (QED) is 0.526. The van der Waals surface area contributed by atoms with Gasteiger partial charge in [0.1, 0.15) is 5.56 Å². The molecule has 2 aromatic carbocycles. The largest absolute Gasteiger partial charge is 0.502 e. The van der Waals surface area contributed by atoms with Crippen LogP contribution in [0.3, 0.4) is 0 Å². The zero-order valence-corrected chi connectivity index (χ0v) is 11.3. The average Bonchev–Trinajstić information content (AvgIpc) is 2.48. The molecule has 0 aliphatic carbocycles. The fraction of sp³-hybridized carbons (Fsp3) is 0.0714. The van der Waals surface area contributed by atoms with Crippen LogP contribution in [0.5, 0.6) is 5.75 Å². The van der Waals surface area contributed by atoms with Crippen molar-refractivity contribution in [3.05, 3.63) is 73.3 Å². The molecule has 0 amide bonds. The van der Waals surface area contributed by atoms with E-state index in [1.165, 1.54) is 31.2 Å². The molecular weight excluding hydrogens is 292 g/mol. The van der Waals surface area contributed by atoms with Crippen molar-refractivity contribution < 1.29 is 19.7 Å². The summed E-state index contributed by atoms with van der Waals surface area (Å²) in [5.41, 5.74) is -1.27. The molecule has 0 bridgehead atoms. The SMILES string of the molecule is Cc1cc(C(=O)c2ccccc2[N+](=O)[O-])c(O)c([N+](=O)[O-])c1. The summed E-state index contributed by atoms with van der Waals surface area (Å²) in [5.74, 6) is -1.66. The molecule has 0 saturated carbocycles. The summed E-state index contributed by atoms with van der Waals surface area (Å²) in [4.78, 5) is 32.7. The minimum absolute atomic E-state index is 0.248. The Kier molecular flexibility index (Phi) is 3.85. The van der Waals surface area contributed by atoms with E-state index in [1.54, 1.807) is 0 Å². The Balaban J connectivity index is 2.65. The van der Waals surface area contributed by atoms with Crippen LogP contribution in [0, 0.1) is 27.2 Å². The van der Waals surface area contributed by atoms with Gasteiger partial charge in [-0.1, -0.05) is 12.1 Å². The van der Waals surface area contributed by atoms with E-state index in [0.717, 1.165) is 12.1 Å². The number of ketones is 1. The third-order valence-electron chi connectivity index (χ3n) is 3.02. The van der Waals surface area contributed by atoms with Gasteiger partial charge in [0.05, 0.1) is 15.4 Å². The number of carbonyl (C=O) groups excluding carboxylic acids is 1. The zero-order chi connectivity index (χ0) is 16.4. The number of hydrogen-bond donors (Lipinski definition) is 1. The predicted molar refractivity (Wildman–Crippen MR) is 76.0 cm³/mol. The van der Waals surface area contributed by atoms with Crippen LogP contribution in [0.4, 0.5) is 11.4 Å². The highest BCUT2D eigenvalue weighted by Gasteiger charge is 2.27. The molecule has 0 spiro atoms. The number of phenolic OH excluding ortho intramolecular Hbond substituents is 1. The van der Waals surface area contributed by atoms with Crippen molar-refractivity contribution in [2.45, 2.75) is 6.92 Å². The lowest BCUT2D eigenvalue weighted by molar-refractivity contribution is -0.386. The molecule has 0 aliphatic rings. The molecule has 0 fully saturated rings. The first-order valence-corrected chi connectivity index (χ1v) is 6.09. The predicted octanol–water partition coefficient (Wildman–Crippen LogP) is 2.75. The topological polar surface area (TPSA) is 124 Å². The fourth-order valence-corrected chi connectivity index (χ4v) is 2.04. The molecule has 0 heterocycles. The molecule has 22 heavy (non-hydrogen) atoms. The van der Waals surface area contributed by atoms with E-state index in [1.807, 2.05) is 0 Å². The molecule has 112 valence electrons. The number of para-hydroxylation sites is 1. The van der Waals surface area contributed by atoms with E-state index >= 15 is 0 Å². The number of benzene rings is 2. The minimum atomic E-state index is -0.850. The Morgan fingerprint density at radius 1 is 1.00 bits per heavy atom. The number of hydrogen-bond acceptors (Lipinski definition) is 6. The van der Waals surface area contributed by atoms with Crippen LogP contribution in [-0.4, -0.2) is 20.7 Å². The number of aryl methyl sites for hydroxylation is 1. The van der Waals surface area contributed by atoms with Crippen molar-refractivity contribution in [2.24, 2.45) is 0 Å². The maximum Gasteiger partial charge on any atom is 0.311 e. The second-order valence-electron chi connectivity index (χ2n) is 4.54. The van der Waals surface area contributed by atoms with Crippen molar-refractivity contribution in [1.29, 1.82) is 0 Å². The molecule has 1 N–H and O–H groups in total. The Morgan fingerprint density at radius 3 is 2.18 bits per heavy atom. The van der Waals surface area contributed by atoms with E-state index < -0.39 is 32.8 Å². The number of nitrogens with zero attached hydrogens (tertiary/aromatic N) is 2. The van der Waals surface area contributed by atoms with Gasteiger partial charge in [0.2, 0.25) is 11.5 Å². The van der Waals surface area contributed by atoms with Gasteiger partial charge in [-0.2, -0.15) is 0 Å². The summed E-state index contributed by atoms with van der Waals surface area (Å²) in [6.45, 7) is 1.52. The first kappa shape index (κ1) is 15.1. The first-order valence-electron chi connectivity index (χ1n) is 6.09. The van der Waals surface area contributed by atoms with E-state index in [0.29, 0.717) is 5.56 Å². The number of aromatic hydroxyl groups is 1. The van der Waals surface area contributed by atoms with Gasteiger partial charge < -0.3 is 5.11 Å². The summed E-state index contributed by atoms with van der Waals surface area (Å²) < 4.78 is 0. The first-order chi connectivity index (χ1) is 10.3. The Morgan fingerprint density at radius 2 is 1.59 bits per heavy atom. The molecule has 0 aromatic heterocycles. The maximum atomic E-state index is 12.4. The summed E-state index contributed by atoms with van der Waals surface area (Å²) in [7, 11) is 0. The number of carbonyl (C=O) groups is 1. The molecule has 2 rings (SSSR count). The van der Waals surface area contributed by atoms with Crippen LogP contribution in [0.2, 0.25) is 0 Å². The number of rotatable bonds is 4. The standard InChI is InChI=1S/C14H10N2O6/c1-8-6-10(14(18)12(7-8)16(21)22)13(17)9-4-2-3-5-11(9)15(19)20/h2-7,18H,1H3. The second-order valence-corrected chi connectivity index (χ2v) is 4.54. The van der Waals surface area contributed by atoms with Crippen molar-refractivity contribution in [3.8, 4) is 5.75 Å². The summed E-state index contributed by atoms with van der Waals surface area (Å²) in [6, 6.07) is 7.57. The number of nitro groups is 2. The van der Waals surface area contributed by atoms with Gasteiger partial charge in [-0.05, 0) is 24.6 Å². The van der Waals surface area contributed by atoms with Crippen LogP contribution in [0.1, 0.15) is 21.5 Å². The highest BCUT2D eigenvalue weighted by atomic mass is 16.6. The summed E-state index contributed by atoms with van der Waals surface area (Å²) in [6.07, 6.45) is 0. The Hall–Kier alpha value is -3.29. The van der Waals surface area contributed by atoms with Crippen LogP contribution in [0.25, 0.3) is 0 Å². The minimum Gasteiger partial charge on any atom is -0.502 e. The highest BCUT2D eigenvalue weighted by molar-refractivity contribution is 6.13. The molecule has 2 aromatic rings. The molecular formula is C14H10N2O6. The summed E-state index contributed by atoms with van der Waals surface area (Å²) in [5, 5.41) is 31.8. The molecule has 0 saturated heterocycles. The van der Waals surface area contributed by atoms with E-state index in [-0.39, 0.29) is 11.1 Å². The molecule has 8 heteroatoms. The average molecular weight is 302 g/mol. The molecule has 0 radical (unpaired) electrons. The van der Waals surface area contributed by atoms with Gasteiger partial charge in [-0.25, -0.2) is 0 Å². The van der Waals surface area contributed by atoms with Crippen molar-refractivity contribution >= 4 is 17.2 Å². The van der Waals surface area contributed by atoms with Gasteiger partial charge >= 0.3 is 5.69 Å². The van der Waals surface area contributed by atoms with E-state index in [2.05, 4.69) is 0 Å². The van der Waals surface area contributed by atoms with Gasteiger partial charge in [0.15, 0.2) is 0 Å². The maximum absolute atomic E-state index is 12.4. The molecule has 0 aliphatic heterocycles. The molecule has 0 unspecified atom stereocenters. The lowest BCUT2D eigenvalue weighted by Crippen LogP contribution is -2.07. The highest BCUT2D eigenvalue weighted by Crippen LogP contribution is 2.34. The lowest BCUT2D eigenvalue weighted by atomic mass is 9.98. The lowest BCUT2D eigenvalue weighted by Gasteiger charge is -2.06. The van der Waals surface area contributed by atoms with Crippen molar-refractivity contribution in [2.75, 3.05) is 0 Å². The normalized spacial score (nSPS) is 10.2. The number of phenols is 1. The van der Waals surface area contributed by atoms with Crippen LogP contribution < -0.4 is 0 Å². The Labute approximate surface area is 123 Å². The third-order valence-corrected chi connectivity index (χ3v) is 3.02. The van der Waals surface area contributed by atoms with Gasteiger partial charge in [-0.15, -0.1) is 0 Å². The van der Waals surface area contributed by atoms with Gasteiger partial charge in [-0.3, -0.25) is 25.0 Å². The molecule has 8 nitrogen and oxygen atoms in total. The van der Waals surface area contributed by atoms with Crippen molar-refractivity contribution in [1.82, 2.24) is 0 Å². The number of nitro benzene ring substituents is 2. The third kappa shape index (κ3) is 2.62. The van der Waals surface area contributed by atoms with Crippen LogP contribution in [0.15, 0.2) is 36.4 Å². The van der Waals surface area contributed by atoms with Crippen molar-refractivity contribution in [3.63, 3.8) is 0 Å². The Bertz CT molecular complexity index is 800.